The first-order valence-corrected chi connectivity index (χ1v) is 13.7. The number of nitrogens with one attached hydrogen (secondary N) is 1. The fourth-order valence-corrected chi connectivity index (χ4v) is 3.76. The van der Waals surface area contributed by atoms with Gasteiger partial charge in [-0.25, -0.2) is 14.3 Å². The van der Waals surface area contributed by atoms with Crippen LogP contribution in [0.4, 0.5) is 31.1 Å². The van der Waals surface area contributed by atoms with E-state index in [2.05, 4.69) is 19.9 Å². The maximum Gasteiger partial charge on any atom is 0.416 e. The zero-order valence-electron chi connectivity index (χ0n) is 26.3. The average molecular weight is 674 g/mol. The zero-order valence-corrected chi connectivity index (χ0v) is 26.3. The summed E-state index contributed by atoms with van der Waals surface area (Å²) in [5, 5.41) is 5.78. The lowest BCUT2D eigenvalue weighted by Crippen LogP contribution is -2.50. The number of hydrogen-bond donors (Lipinski definition) is 2. The molecule has 1 unspecified atom stereocenters. The smallest absolute Gasteiger partial charge is 0.388 e. The van der Waals surface area contributed by atoms with Gasteiger partial charge in [0.1, 0.15) is 11.7 Å². The highest BCUT2D eigenvalue weighted by Crippen LogP contribution is 2.33. The van der Waals surface area contributed by atoms with E-state index in [9.17, 15) is 35.9 Å². The predicted octanol–water partition coefficient (Wildman–Crippen LogP) is 0.857. The molecule has 48 heavy (non-hydrogen) atoms. The number of ether oxygens (including phenoxy) is 2. The number of carbonyl (C=O) groups excluding carboxylic acids is 2. The van der Waals surface area contributed by atoms with Gasteiger partial charge in [0.15, 0.2) is 11.2 Å². The van der Waals surface area contributed by atoms with Crippen LogP contribution in [0.15, 0.2) is 30.7 Å². The van der Waals surface area contributed by atoms with Crippen LogP contribution in [0.25, 0.3) is 5.65 Å². The number of primary amides is 1. The SMILES string of the molecule is CC(C)(OCCc1cn2ncc(CN3CC(C(F)(F)F)NC3=O)cc2n1)C(F)(F)F.COC.[B]C([B])([B])C([B])([B])n1nccc1C(N)=O. The number of urea groups is 1. The monoisotopic (exact) mass is 674 g/mol. The van der Waals surface area contributed by atoms with Crippen LogP contribution < -0.4 is 11.1 Å². The standard InChI is InChI=1S/C17H19F6N5O2.C6H4B5N3O.C2H6O/c1-15(2,17(21,22)23)30-4-3-11-8-28-13(25-11)5-10(6-24-28)7-27-9-12(16(18,19)20)26-14(27)29;7-5(8,9)6(10,11)14-3(4(12)15)1-2-13-14;1-3-2/h5-6,8,12H,3-4,7,9H2,1-2H3,(H,26,29);1-2H,(H2,12,15);1-2H3. The third kappa shape index (κ3) is 10.2. The molecule has 0 aliphatic carbocycles. The Morgan fingerprint density at radius 1 is 1.08 bits per heavy atom. The molecule has 3 aromatic heterocycles. The highest BCUT2D eigenvalue weighted by molar-refractivity contribution is 6.66. The van der Waals surface area contributed by atoms with E-state index in [-0.39, 0.29) is 25.3 Å². The molecule has 1 aliphatic rings. The van der Waals surface area contributed by atoms with Crippen molar-refractivity contribution in [3.8, 4) is 0 Å². The molecule has 3 N–H and O–H groups in total. The van der Waals surface area contributed by atoms with E-state index >= 15 is 0 Å². The fourth-order valence-electron chi connectivity index (χ4n) is 3.76. The van der Waals surface area contributed by atoms with E-state index in [4.69, 9.17) is 49.7 Å². The molecule has 3 aromatic rings. The summed E-state index contributed by atoms with van der Waals surface area (Å²) in [5.41, 5.74) is 3.99. The van der Waals surface area contributed by atoms with E-state index in [0.717, 1.165) is 23.4 Å². The zero-order chi connectivity index (χ0) is 36.9. The summed E-state index contributed by atoms with van der Waals surface area (Å²) in [6.45, 7) is 1.05. The van der Waals surface area contributed by atoms with Crippen LogP contribution in [0, 0.1) is 0 Å². The summed E-state index contributed by atoms with van der Waals surface area (Å²) in [7, 11) is 30.5. The number of alkyl halides is 6. The van der Waals surface area contributed by atoms with Crippen LogP contribution in [-0.2, 0) is 27.8 Å². The number of rotatable bonds is 9. The second-order valence-corrected chi connectivity index (χ2v) is 11.1. The minimum atomic E-state index is -4.53. The highest BCUT2D eigenvalue weighted by Gasteiger charge is 2.48. The van der Waals surface area contributed by atoms with Gasteiger partial charge >= 0.3 is 18.4 Å². The molecule has 12 nitrogen and oxygen atoms in total. The minimum Gasteiger partial charge on any atom is -0.388 e. The van der Waals surface area contributed by atoms with Crippen molar-refractivity contribution < 1.29 is 45.4 Å². The van der Waals surface area contributed by atoms with Gasteiger partial charge < -0.3 is 25.4 Å². The molecular formula is C25H29B5F6N8O4. The summed E-state index contributed by atoms with van der Waals surface area (Å²) in [6.07, 6.45) is -4.75. The second kappa shape index (κ2) is 15.3. The number of carbonyl (C=O) groups is 2. The van der Waals surface area contributed by atoms with Crippen molar-refractivity contribution in [1.82, 2.24) is 34.6 Å². The lowest BCUT2D eigenvalue weighted by atomic mass is 9.26. The van der Waals surface area contributed by atoms with Crippen LogP contribution in [0.3, 0.4) is 0 Å². The third-order valence-electron chi connectivity index (χ3n) is 6.63. The number of hydrogen-bond acceptors (Lipinski definition) is 7. The summed E-state index contributed by atoms with van der Waals surface area (Å²) in [6, 6.07) is 0.111. The van der Waals surface area contributed by atoms with Crippen LogP contribution in [-0.4, -0.2) is 132 Å². The number of fused-ring (bicyclic) bond motifs is 1. The first-order valence-electron chi connectivity index (χ1n) is 13.7. The van der Waals surface area contributed by atoms with Gasteiger partial charge in [-0.3, -0.25) is 9.48 Å². The molecule has 0 bridgehead atoms. The maximum atomic E-state index is 12.8. The van der Waals surface area contributed by atoms with Crippen molar-refractivity contribution >= 4 is 56.8 Å². The molecule has 3 amide bonds. The Labute approximate surface area is 278 Å². The first-order chi connectivity index (χ1) is 21.9. The highest BCUT2D eigenvalue weighted by atomic mass is 19.4. The maximum absolute atomic E-state index is 12.8. The molecule has 0 aromatic carbocycles. The lowest BCUT2D eigenvalue weighted by molar-refractivity contribution is -0.263. The van der Waals surface area contributed by atoms with Crippen molar-refractivity contribution in [3.05, 3.63) is 47.7 Å². The summed E-state index contributed by atoms with van der Waals surface area (Å²) in [5.74, 6) is -0.767. The van der Waals surface area contributed by atoms with Crippen molar-refractivity contribution in [2.45, 2.75) is 61.3 Å². The van der Waals surface area contributed by atoms with Gasteiger partial charge in [0, 0.05) is 33.4 Å². The molecule has 250 valence electrons. The number of methoxy groups -OCH3 is 1. The quantitative estimate of drug-likeness (QED) is 0.254. The summed E-state index contributed by atoms with van der Waals surface area (Å²) < 4.78 is 88.1. The van der Waals surface area contributed by atoms with E-state index in [1.165, 1.54) is 29.2 Å². The minimum absolute atomic E-state index is 0.0364. The Hall–Kier alpha value is -3.61. The van der Waals surface area contributed by atoms with Crippen LogP contribution in [0.5, 0.6) is 0 Å². The van der Waals surface area contributed by atoms with Gasteiger partial charge in [-0.2, -0.15) is 36.5 Å². The molecule has 23 heteroatoms. The predicted molar refractivity (Wildman–Crippen MR) is 165 cm³/mol. The van der Waals surface area contributed by atoms with E-state index in [1.54, 1.807) is 20.3 Å². The Morgan fingerprint density at radius 2 is 1.69 bits per heavy atom. The van der Waals surface area contributed by atoms with Crippen molar-refractivity contribution in [1.29, 1.82) is 0 Å². The Morgan fingerprint density at radius 3 is 2.19 bits per heavy atom. The number of halogens is 6. The molecule has 1 aliphatic heterocycles. The summed E-state index contributed by atoms with van der Waals surface area (Å²) >= 11 is 0. The molecule has 1 atom stereocenters. The van der Waals surface area contributed by atoms with Crippen LogP contribution in [0.2, 0.25) is 5.11 Å². The largest absolute Gasteiger partial charge is 0.416 e. The van der Waals surface area contributed by atoms with Gasteiger partial charge in [-0.05, 0) is 36.9 Å². The lowest BCUT2D eigenvalue weighted by Gasteiger charge is -2.42. The van der Waals surface area contributed by atoms with Gasteiger partial charge in [0.2, 0.25) is 0 Å². The molecule has 0 spiro atoms. The van der Waals surface area contributed by atoms with Crippen LogP contribution in [0.1, 0.15) is 35.6 Å². The molecule has 4 heterocycles. The Balaban J connectivity index is 0.000000372. The Kier molecular flexibility index (Phi) is 12.9. The topological polar surface area (TPSA) is 142 Å². The number of nitrogens with zero attached hydrogens (tertiary/aromatic N) is 6. The van der Waals surface area contributed by atoms with Gasteiger partial charge in [-0.1, -0.05) is 0 Å². The molecule has 10 radical (unpaired) electrons. The molecule has 4 rings (SSSR count). The van der Waals surface area contributed by atoms with E-state index in [1.807, 2.05) is 5.32 Å². The fraction of sp³-hybridized carbons (Fsp3) is 0.560. The normalized spacial score (nSPS) is 15.8. The molecule has 1 fully saturated rings. The number of amides is 3. The Bertz CT molecular complexity index is 1550. The van der Waals surface area contributed by atoms with Gasteiger partial charge in [-0.15, -0.1) is 5.11 Å². The number of imidazole rings is 1. The molecule has 0 saturated carbocycles. The van der Waals surface area contributed by atoms with E-state index in [0.29, 0.717) is 16.9 Å². The molecule has 1 saturated heterocycles. The van der Waals surface area contributed by atoms with Crippen molar-refractivity contribution in [3.63, 3.8) is 0 Å². The van der Waals surface area contributed by atoms with E-state index < -0.39 is 52.9 Å². The average Bonchev–Trinajstić information content (AvgIpc) is 3.67. The number of aromatic nitrogens is 5. The van der Waals surface area contributed by atoms with Crippen molar-refractivity contribution in [2.24, 2.45) is 5.73 Å². The molecular weight excluding hydrogens is 644 g/mol. The van der Waals surface area contributed by atoms with Gasteiger partial charge in [0.05, 0.1) is 70.5 Å². The first kappa shape index (κ1) is 40.6. The third-order valence-corrected chi connectivity index (χ3v) is 6.63. The second-order valence-electron chi connectivity index (χ2n) is 11.1. The van der Waals surface area contributed by atoms with Gasteiger partial charge in [0.25, 0.3) is 5.91 Å². The van der Waals surface area contributed by atoms with Crippen molar-refractivity contribution in [2.75, 3.05) is 27.4 Å². The number of nitrogens with two attached hydrogens (primary N) is 1. The summed E-state index contributed by atoms with van der Waals surface area (Å²) in [4.78, 5) is 28.0. The van der Waals surface area contributed by atoms with Crippen LogP contribution >= 0.6 is 0 Å².